The summed E-state index contributed by atoms with van der Waals surface area (Å²) in [5.74, 6) is -1.41. The predicted octanol–water partition coefficient (Wildman–Crippen LogP) is 1.53. The lowest BCUT2D eigenvalue weighted by atomic mass is 10.1. The van der Waals surface area contributed by atoms with Gasteiger partial charge in [-0.2, -0.15) is 0 Å². The van der Waals surface area contributed by atoms with E-state index in [1.165, 1.54) is 24.3 Å². The van der Waals surface area contributed by atoms with E-state index in [9.17, 15) is 26.4 Å². The molecule has 0 aliphatic carbocycles. The second-order valence-corrected chi connectivity index (χ2v) is 10.2. The largest absolute Gasteiger partial charge is 0.465 e. The Kier molecular flexibility index (Phi) is 7.03. The van der Waals surface area contributed by atoms with Crippen LogP contribution in [0.1, 0.15) is 33.6 Å². The summed E-state index contributed by atoms with van der Waals surface area (Å²) in [6.07, 6.45) is 1.24. The van der Waals surface area contributed by atoms with Crippen molar-refractivity contribution in [3.05, 3.63) is 53.6 Å². The molecule has 0 spiro atoms. The lowest BCUT2D eigenvalue weighted by Crippen LogP contribution is -2.29. The van der Waals surface area contributed by atoms with Crippen LogP contribution in [0.25, 0.3) is 0 Å². The number of esters is 2. The van der Waals surface area contributed by atoms with E-state index >= 15 is 0 Å². The first-order valence-corrected chi connectivity index (χ1v) is 12.5. The molecule has 11 nitrogen and oxygen atoms in total. The maximum absolute atomic E-state index is 13.1. The van der Waals surface area contributed by atoms with E-state index in [4.69, 9.17) is 0 Å². The Morgan fingerprint density at radius 2 is 1.64 bits per heavy atom. The molecule has 0 saturated carbocycles. The lowest BCUT2D eigenvalue weighted by Gasteiger charge is -2.14. The number of amidine groups is 1. The number of benzene rings is 2. The minimum Gasteiger partial charge on any atom is -0.465 e. The van der Waals surface area contributed by atoms with E-state index in [1.54, 1.807) is 0 Å². The maximum Gasteiger partial charge on any atom is 0.339 e. The van der Waals surface area contributed by atoms with E-state index < -0.39 is 36.9 Å². The van der Waals surface area contributed by atoms with Crippen LogP contribution < -0.4 is 9.44 Å². The molecule has 2 aromatic carbocycles. The van der Waals surface area contributed by atoms with Crippen molar-refractivity contribution in [2.24, 2.45) is 4.99 Å². The highest BCUT2D eigenvalue weighted by atomic mass is 32.2. The second kappa shape index (κ2) is 9.58. The fraction of sp³-hybridized carbons (Fsp3) is 0.250. The lowest BCUT2D eigenvalue weighted by molar-refractivity contribution is 0.0583. The molecule has 1 heterocycles. The van der Waals surface area contributed by atoms with Crippen molar-refractivity contribution in [2.45, 2.75) is 22.6 Å². The molecule has 13 heteroatoms. The van der Waals surface area contributed by atoms with E-state index in [0.717, 1.165) is 38.8 Å². The third kappa shape index (κ3) is 5.49. The molecule has 33 heavy (non-hydrogen) atoms. The normalized spacial score (nSPS) is 13.7. The van der Waals surface area contributed by atoms with Crippen molar-refractivity contribution in [3.8, 4) is 0 Å². The number of carbonyl (C=O) groups excluding carboxylic acids is 2. The molecule has 176 valence electrons. The molecular weight excluding hydrogens is 474 g/mol. The van der Waals surface area contributed by atoms with Gasteiger partial charge < -0.3 is 9.47 Å². The zero-order valence-electron chi connectivity index (χ0n) is 17.7. The van der Waals surface area contributed by atoms with Crippen LogP contribution in [-0.2, 0) is 29.5 Å². The van der Waals surface area contributed by atoms with Crippen LogP contribution in [0.5, 0.6) is 0 Å². The van der Waals surface area contributed by atoms with Crippen LogP contribution in [0.3, 0.4) is 0 Å². The first-order valence-electron chi connectivity index (χ1n) is 9.57. The molecule has 3 rings (SSSR count). The molecule has 0 atom stereocenters. The molecule has 0 fully saturated rings. The summed E-state index contributed by atoms with van der Waals surface area (Å²) < 4.78 is 65.3. The van der Waals surface area contributed by atoms with Crippen LogP contribution in [0.15, 0.2) is 57.2 Å². The van der Waals surface area contributed by atoms with Crippen molar-refractivity contribution in [1.29, 1.82) is 0 Å². The van der Waals surface area contributed by atoms with Crippen molar-refractivity contribution in [1.82, 2.24) is 4.72 Å². The highest BCUT2D eigenvalue weighted by Gasteiger charge is 2.26. The van der Waals surface area contributed by atoms with Crippen molar-refractivity contribution < 1.29 is 35.9 Å². The van der Waals surface area contributed by atoms with Gasteiger partial charge in [0.15, 0.2) is 0 Å². The van der Waals surface area contributed by atoms with Gasteiger partial charge in [-0.25, -0.2) is 26.4 Å². The van der Waals surface area contributed by atoms with Gasteiger partial charge in [-0.05, 0) is 42.8 Å². The van der Waals surface area contributed by atoms with Crippen LogP contribution in [0.4, 0.5) is 5.69 Å². The summed E-state index contributed by atoms with van der Waals surface area (Å²) in [5, 5.41) is 0. The SMILES string of the molecule is COC(=O)c1ccc(C(=O)OC)c(S(=O)(=O)Nc2cccc(S(=O)(=O)NC3=NCCC3)c2)c1. The fourth-order valence-electron chi connectivity index (χ4n) is 3.04. The number of rotatable bonds is 7. The van der Waals surface area contributed by atoms with Crippen molar-refractivity contribution in [2.75, 3.05) is 25.5 Å². The average Bonchev–Trinajstić information content (AvgIpc) is 3.29. The molecule has 0 bridgehead atoms. The monoisotopic (exact) mass is 495 g/mol. The number of sulfonamides is 2. The van der Waals surface area contributed by atoms with Gasteiger partial charge in [-0.1, -0.05) is 6.07 Å². The van der Waals surface area contributed by atoms with Gasteiger partial charge in [0.05, 0.1) is 35.9 Å². The Bertz CT molecular complexity index is 1330. The summed E-state index contributed by atoms with van der Waals surface area (Å²) in [5.41, 5.74) is -0.503. The number of hydrogen-bond donors (Lipinski definition) is 2. The Balaban J connectivity index is 1.97. The Morgan fingerprint density at radius 3 is 2.27 bits per heavy atom. The number of hydrogen-bond acceptors (Lipinski definition) is 9. The number of aliphatic imine (C=N–C) groups is 1. The fourth-order valence-corrected chi connectivity index (χ4v) is 5.45. The zero-order valence-corrected chi connectivity index (χ0v) is 19.3. The predicted molar refractivity (Wildman–Crippen MR) is 118 cm³/mol. The van der Waals surface area contributed by atoms with Crippen LogP contribution in [0, 0.1) is 0 Å². The molecule has 0 aromatic heterocycles. The molecule has 2 N–H and O–H groups in total. The molecule has 0 radical (unpaired) electrons. The van der Waals surface area contributed by atoms with Crippen LogP contribution >= 0.6 is 0 Å². The average molecular weight is 496 g/mol. The molecule has 0 unspecified atom stereocenters. The summed E-state index contributed by atoms with van der Waals surface area (Å²) >= 11 is 0. The number of nitrogens with one attached hydrogen (secondary N) is 2. The first kappa shape index (κ1) is 24.2. The molecule has 0 saturated heterocycles. The Hall–Kier alpha value is -3.45. The van der Waals surface area contributed by atoms with Gasteiger partial charge in [0.25, 0.3) is 20.0 Å². The summed E-state index contributed by atoms with van der Waals surface area (Å²) in [6.45, 7) is 0.533. The highest BCUT2D eigenvalue weighted by molar-refractivity contribution is 7.92. The van der Waals surface area contributed by atoms with Gasteiger partial charge in [0.1, 0.15) is 10.7 Å². The number of carbonyl (C=O) groups is 2. The van der Waals surface area contributed by atoms with Gasteiger partial charge >= 0.3 is 11.9 Å². The van der Waals surface area contributed by atoms with E-state index in [-0.39, 0.29) is 21.7 Å². The maximum atomic E-state index is 13.1. The van der Waals surface area contributed by atoms with E-state index in [2.05, 4.69) is 23.9 Å². The number of anilines is 1. The highest BCUT2D eigenvalue weighted by Crippen LogP contribution is 2.24. The van der Waals surface area contributed by atoms with Gasteiger partial charge in [0, 0.05) is 13.0 Å². The minimum atomic E-state index is -4.45. The number of nitrogens with zero attached hydrogens (tertiary/aromatic N) is 1. The van der Waals surface area contributed by atoms with Crippen molar-refractivity contribution in [3.63, 3.8) is 0 Å². The van der Waals surface area contributed by atoms with Crippen LogP contribution in [-0.4, -0.2) is 55.4 Å². The number of methoxy groups -OCH3 is 2. The summed E-state index contributed by atoms with van der Waals surface area (Å²) in [7, 11) is -6.22. The van der Waals surface area contributed by atoms with Crippen LogP contribution in [0.2, 0.25) is 0 Å². The first-order chi connectivity index (χ1) is 15.6. The Morgan fingerprint density at radius 1 is 0.909 bits per heavy atom. The summed E-state index contributed by atoms with van der Waals surface area (Å²) in [6, 6.07) is 8.44. The van der Waals surface area contributed by atoms with Crippen molar-refractivity contribution >= 4 is 43.5 Å². The third-order valence-corrected chi connectivity index (χ3v) is 7.42. The molecule has 2 aromatic rings. The van der Waals surface area contributed by atoms with Gasteiger partial charge in [-0.3, -0.25) is 14.4 Å². The molecule has 0 amide bonds. The summed E-state index contributed by atoms with van der Waals surface area (Å²) in [4.78, 5) is 27.3. The van der Waals surface area contributed by atoms with Gasteiger partial charge in [-0.15, -0.1) is 0 Å². The molecular formula is C20H21N3O8S2. The topological polar surface area (TPSA) is 157 Å². The molecule has 1 aliphatic rings. The zero-order chi connectivity index (χ0) is 24.2. The quantitative estimate of drug-likeness (QED) is 0.548. The standard InChI is InChI=1S/C20H21N3O8S2/c1-30-19(24)13-8-9-16(20(25)31-2)17(11-13)33(28,29)22-14-5-3-6-15(12-14)32(26,27)23-18-7-4-10-21-18/h3,5-6,8-9,11-12,22H,4,7,10H2,1-2H3,(H,21,23). The van der Waals surface area contributed by atoms with E-state index in [0.29, 0.717) is 18.8 Å². The number of ether oxygens (including phenoxy) is 2. The molecule has 1 aliphatic heterocycles. The second-order valence-electron chi connectivity index (χ2n) is 6.86. The van der Waals surface area contributed by atoms with Gasteiger partial charge in [0.2, 0.25) is 0 Å². The van der Waals surface area contributed by atoms with E-state index in [1.807, 2.05) is 0 Å². The minimum absolute atomic E-state index is 0.0782. The Labute approximate surface area is 190 Å². The smallest absolute Gasteiger partial charge is 0.339 e. The third-order valence-electron chi connectivity index (χ3n) is 4.62.